The molecule has 0 aliphatic rings. The first-order valence-electron chi connectivity index (χ1n) is 4.81. The average Bonchev–Trinajstić information content (AvgIpc) is 2.28. The summed E-state index contributed by atoms with van der Waals surface area (Å²) >= 11 is 0. The van der Waals surface area contributed by atoms with Gasteiger partial charge in [-0.05, 0) is 18.2 Å². The molecule has 6 heteroatoms. The molecule has 0 spiro atoms. The minimum atomic E-state index is -0.139. The van der Waals surface area contributed by atoms with Gasteiger partial charge in [0, 0.05) is 5.56 Å². The molecule has 0 radical (unpaired) electrons. The molecule has 1 rings (SSSR count). The van der Waals surface area contributed by atoms with Crippen molar-refractivity contribution in [3.05, 3.63) is 30.3 Å². The molecule has 0 bridgehead atoms. The summed E-state index contributed by atoms with van der Waals surface area (Å²) in [7, 11) is 1.58. The Labute approximate surface area is 99.5 Å². The second-order valence-corrected chi connectivity index (χ2v) is 3.14. The highest BCUT2D eigenvalue weighted by Gasteiger charge is 2.01. The van der Waals surface area contributed by atoms with Crippen molar-refractivity contribution in [1.29, 1.82) is 0 Å². The standard InChI is InChI=1S/C11H15N5O/c1-3-7-6-8(17-2)4-5-9(7)15-11(14)16-10(12)13/h3-6H,1H2,2H3,(H6,12,13,14,15,16). The Morgan fingerprint density at radius 2 is 2.06 bits per heavy atom. The van der Waals surface area contributed by atoms with Crippen molar-refractivity contribution in [1.82, 2.24) is 0 Å². The fourth-order valence-corrected chi connectivity index (χ4v) is 1.21. The van der Waals surface area contributed by atoms with E-state index in [9.17, 15) is 0 Å². The second kappa shape index (κ2) is 5.55. The molecule has 0 aromatic heterocycles. The SMILES string of the molecule is C=Cc1cc(OC)ccc1N=C(N)N=C(N)N. The smallest absolute Gasteiger partial charge is 0.223 e. The molecule has 0 aliphatic heterocycles. The van der Waals surface area contributed by atoms with Crippen LogP contribution in [0, 0.1) is 0 Å². The lowest BCUT2D eigenvalue weighted by Gasteiger charge is -2.04. The zero-order valence-corrected chi connectivity index (χ0v) is 9.55. The van der Waals surface area contributed by atoms with E-state index in [0.717, 1.165) is 5.56 Å². The lowest BCUT2D eigenvalue weighted by Crippen LogP contribution is -2.26. The van der Waals surface area contributed by atoms with Crippen LogP contribution in [0.15, 0.2) is 34.8 Å². The number of ether oxygens (including phenoxy) is 1. The van der Waals surface area contributed by atoms with Crippen LogP contribution in [0.5, 0.6) is 5.75 Å². The third-order valence-corrected chi connectivity index (χ3v) is 1.93. The Morgan fingerprint density at radius 3 is 2.59 bits per heavy atom. The summed E-state index contributed by atoms with van der Waals surface area (Å²) in [4.78, 5) is 7.69. The lowest BCUT2D eigenvalue weighted by atomic mass is 10.1. The molecule has 6 nitrogen and oxygen atoms in total. The van der Waals surface area contributed by atoms with Crippen LogP contribution in [0.4, 0.5) is 5.69 Å². The monoisotopic (exact) mass is 233 g/mol. The van der Waals surface area contributed by atoms with Gasteiger partial charge < -0.3 is 21.9 Å². The Morgan fingerprint density at radius 1 is 1.35 bits per heavy atom. The number of nitrogens with two attached hydrogens (primary N) is 3. The third-order valence-electron chi connectivity index (χ3n) is 1.93. The van der Waals surface area contributed by atoms with Gasteiger partial charge in [0.2, 0.25) is 5.96 Å². The number of aliphatic imine (C=N–C) groups is 2. The summed E-state index contributed by atoms with van der Waals surface area (Å²) in [5.41, 5.74) is 17.3. The van der Waals surface area contributed by atoms with E-state index in [4.69, 9.17) is 21.9 Å². The molecule has 0 aliphatic carbocycles. The van der Waals surface area contributed by atoms with Gasteiger partial charge in [0.1, 0.15) is 5.75 Å². The molecule has 6 N–H and O–H groups in total. The van der Waals surface area contributed by atoms with Gasteiger partial charge in [0.15, 0.2) is 5.96 Å². The molecule has 90 valence electrons. The van der Waals surface area contributed by atoms with Crippen LogP contribution in [0.1, 0.15) is 5.56 Å². The van der Waals surface area contributed by atoms with E-state index in [1.54, 1.807) is 31.4 Å². The highest BCUT2D eigenvalue weighted by molar-refractivity contribution is 5.94. The van der Waals surface area contributed by atoms with Crippen LogP contribution in [0.2, 0.25) is 0 Å². The maximum absolute atomic E-state index is 5.54. The van der Waals surface area contributed by atoms with Gasteiger partial charge in [0.25, 0.3) is 0 Å². The molecule has 1 aromatic rings. The molecular weight excluding hydrogens is 218 g/mol. The van der Waals surface area contributed by atoms with Crippen LogP contribution in [-0.2, 0) is 0 Å². The van der Waals surface area contributed by atoms with Crippen molar-refractivity contribution in [2.75, 3.05) is 7.11 Å². The molecule has 0 saturated carbocycles. The maximum Gasteiger partial charge on any atom is 0.223 e. The van der Waals surface area contributed by atoms with Crippen molar-refractivity contribution in [3.63, 3.8) is 0 Å². The number of hydrogen-bond donors (Lipinski definition) is 3. The van der Waals surface area contributed by atoms with E-state index in [1.807, 2.05) is 0 Å². The van der Waals surface area contributed by atoms with Crippen LogP contribution >= 0.6 is 0 Å². The Hall–Kier alpha value is -2.50. The highest BCUT2D eigenvalue weighted by atomic mass is 16.5. The maximum atomic E-state index is 5.54. The summed E-state index contributed by atoms with van der Waals surface area (Å²) in [5.74, 6) is 0.553. The van der Waals surface area contributed by atoms with Gasteiger partial charge in [-0.2, -0.15) is 4.99 Å². The van der Waals surface area contributed by atoms with E-state index >= 15 is 0 Å². The molecule has 0 fully saturated rings. The lowest BCUT2D eigenvalue weighted by molar-refractivity contribution is 0.415. The van der Waals surface area contributed by atoms with Gasteiger partial charge in [-0.15, -0.1) is 0 Å². The summed E-state index contributed by atoms with van der Waals surface area (Å²) in [6.45, 7) is 3.68. The van der Waals surface area contributed by atoms with E-state index in [-0.39, 0.29) is 11.9 Å². The van der Waals surface area contributed by atoms with Crippen molar-refractivity contribution in [2.24, 2.45) is 27.2 Å². The summed E-state index contributed by atoms with van der Waals surface area (Å²) in [5, 5.41) is 0. The van der Waals surface area contributed by atoms with Crippen LogP contribution in [0.3, 0.4) is 0 Å². The van der Waals surface area contributed by atoms with Crippen LogP contribution < -0.4 is 21.9 Å². The topological polar surface area (TPSA) is 112 Å². The van der Waals surface area contributed by atoms with Crippen molar-refractivity contribution >= 4 is 23.7 Å². The molecular formula is C11H15N5O. The van der Waals surface area contributed by atoms with Crippen molar-refractivity contribution < 1.29 is 4.74 Å². The van der Waals surface area contributed by atoms with E-state index < -0.39 is 0 Å². The Bertz CT molecular complexity index is 475. The normalized spacial score (nSPS) is 10.8. The summed E-state index contributed by atoms with van der Waals surface area (Å²) in [6.07, 6.45) is 1.64. The predicted molar refractivity (Wildman–Crippen MR) is 70.2 cm³/mol. The van der Waals surface area contributed by atoms with Crippen LogP contribution in [-0.4, -0.2) is 19.0 Å². The zero-order chi connectivity index (χ0) is 12.8. The van der Waals surface area contributed by atoms with Gasteiger partial charge in [0.05, 0.1) is 12.8 Å². The summed E-state index contributed by atoms with van der Waals surface area (Å²) < 4.78 is 5.09. The van der Waals surface area contributed by atoms with Crippen LogP contribution in [0.25, 0.3) is 6.08 Å². The first-order valence-corrected chi connectivity index (χ1v) is 4.81. The van der Waals surface area contributed by atoms with E-state index in [0.29, 0.717) is 11.4 Å². The molecule has 0 unspecified atom stereocenters. The Kier molecular flexibility index (Phi) is 4.10. The minimum Gasteiger partial charge on any atom is -0.497 e. The second-order valence-electron chi connectivity index (χ2n) is 3.14. The number of methoxy groups -OCH3 is 1. The van der Waals surface area contributed by atoms with Crippen molar-refractivity contribution in [3.8, 4) is 5.75 Å². The number of hydrogen-bond acceptors (Lipinski definition) is 2. The molecule has 17 heavy (non-hydrogen) atoms. The quantitative estimate of drug-likeness (QED) is 0.523. The van der Waals surface area contributed by atoms with E-state index in [1.165, 1.54) is 0 Å². The Balaban J connectivity index is 3.14. The number of benzene rings is 1. The molecule has 0 amide bonds. The predicted octanol–water partition coefficient (Wildman–Crippen LogP) is 0.558. The largest absolute Gasteiger partial charge is 0.497 e. The fourth-order valence-electron chi connectivity index (χ4n) is 1.21. The van der Waals surface area contributed by atoms with Crippen molar-refractivity contribution in [2.45, 2.75) is 0 Å². The van der Waals surface area contributed by atoms with Gasteiger partial charge >= 0.3 is 0 Å². The molecule has 0 heterocycles. The number of nitrogens with zero attached hydrogens (tertiary/aromatic N) is 2. The average molecular weight is 233 g/mol. The zero-order valence-electron chi connectivity index (χ0n) is 9.55. The fraction of sp³-hybridized carbons (Fsp3) is 0.0909. The third kappa shape index (κ3) is 3.53. The van der Waals surface area contributed by atoms with Gasteiger partial charge in [-0.1, -0.05) is 12.7 Å². The van der Waals surface area contributed by atoms with Gasteiger partial charge in [-0.25, -0.2) is 4.99 Å². The highest BCUT2D eigenvalue weighted by Crippen LogP contribution is 2.25. The summed E-state index contributed by atoms with van der Waals surface area (Å²) in [6, 6.07) is 5.29. The molecule has 0 atom stereocenters. The minimum absolute atomic E-state index is 0.0155. The van der Waals surface area contributed by atoms with E-state index in [2.05, 4.69) is 16.6 Å². The number of rotatable bonds is 3. The first-order chi connectivity index (χ1) is 8.06. The van der Waals surface area contributed by atoms with Gasteiger partial charge in [-0.3, -0.25) is 0 Å². The molecule has 1 aromatic carbocycles. The molecule has 0 saturated heterocycles. The first kappa shape index (κ1) is 12.6. The number of guanidine groups is 2.